The Morgan fingerprint density at radius 3 is 2.56 bits per heavy atom. The van der Waals surface area contributed by atoms with Crippen molar-refractivity contribution < 1.29 is 0 Å². The lowest BCUT2D eigenvalue weighted by Crippen LogP contribution is -2.17. The van der Waals surface area contributed by atoms with E-state index in [1.54, 1.807) is 12.4 Å². The summed E-state index contributed by atoms with van der Waals surface area (Å²) in [5, 5.41) is 7.63. The fourth-order valence-electron chi connectivity index (χ4n) is 3.35. The molecule has 0 bridgehead atoms. The zero-order chi connectivity index (χ0) is 18.5. The summed E-state index contributed by atoms with van der Waals surface area (Å²) < 4.78 is 0. The van der Waals surface area contributed by atoms with Gasteiger partial charge in [-0.15, -0.1) is 0 Å². The van der Waals surface area contributed by atoms with Gasteiger partial charge in [0.2, 0.25) is 5.95 Å². The Morgan fingerprint density at radius 1 is 1.00 bits per heavy atom. The summed E-state index contributed by atoms with van der Waals surface area (Å²) in [5.41, 5.74) is 2.92. The van der Waals surface area contributed by atoms with E-state index in [1.807, 2.05) is 42.5 Å². The topological polar surface area (TPSA) is 62.7 Å². The summed E-state index contributed by atoms with van der Waals surface area (Å²) in [4.78, 5) is 13.5. The first-order valence-electron chi connectivity index (χ1n) is 9.31. The Balaban J connectivity index is 1.59. The smallest absolute Gasteiger partial charge is 0.225 e. The number of hydrogen-bond donors (Lipinski definition) is 2. The Labute approximate surface area is 164 Å². The maximum atomic E-state index is 6.27. The predicted molar refractivity (Wildman–Crippen MR) is 110 cm³/mol. The lowest BCUT2D eigenvalue weighted by Gasteiger charge is -2.15. The van der Waals surface area contributed by atoms with Gasteiger partial charge in [-0.3, -0.25) is 4.98 Å². The van der Waals surface area contributed by atoms with Crippen molar-refractivity contribution in [2.75, 3.05) is 10.6 Å². The minimum Gasteiger partial charge on any atom is -0.366 e. The van der Waals surface area contributed by atoms with Gasteiger partial charge in [0.15, 0.2) is 0 Å². The Hall–Kier alpha value is -2.66. The average molecular weight is 380 g/mol. The molecular formula is C21H22ClN5. The third-order valence-electron chi connectivity index (χ3n) is 4.81. The first kappa shape index (κ1) is 17.7. The number of anilines is 2. The molecule has 2 N–H and O–H groups in total. The van der Waals surface area contributed by atoms with Gasteiger partial charge in [-0.25, -0.2) is 4.98 Å². The lowest BCUT2D eigenvalue weighted by atomic mass is 10.2. The molecule has 0 atom stereocenters. The minimum absolute atomic E-state index is 0.453. The van der Waals surface area contributed by atoms with E-state index in [1.165, 1.54) is 25.7 Å². The molecule has 0 radical (unpaired) electrons. The van der Waals surface area contributed by atoms with Crippen LogP contribution < -0.4 is 10.6 Å². The van der Waals surface area contributed by atoms with E-state index in [0.717, 1.165) is 27.7 Å². The van der Waals surface area contributed by atoms with Crippen LogP contribution in [0.25, 0.3) is 11.3 Å². The Bertz CT molecular complexity index is 894. The highest BCUT2D eigenvalue weighted by atomic mass is 35.5. The van der Waals surface area contributed by atoms with Gasteiger partial charge in [0, 0.05) is 41.6 Å². The van der Waals surface area contributed by atoms with Gasteiger partial charge in [-0.05, 0) is 36.6 Å². The van der Waals surface area contributed by atoms with E-state index in [9.17, 15) is 0 Å². The lowest BCUT2D eigenvalue weighted by molar-refractivity contribution is 0.744. The van der Waals surface area contributed by atoms with Crippen molar-refractivity contribution in [3.05, 3.63) is 65.4 Å². The molecule has 1 saturated carbocycles. The molecule has 0 saturated heterocycles. The molecule has 1 aliphatic rings. The van der Waals surface area contributed by atoms with Crippen molar-refractivity contribution in [2.45, 2.75) is 38.3 Å². The summed E-state index contributed by atoms with van der Waals surface area (Å²) >= 11 is 6.27. The summed E-state index contributed by atoms with van der Waals surface area (Å²) in [6.07, 6.45) is 8.42. The van der Waals surface area contributed by atoms with Gasteiger partial charge >= 0.3 is 0 Å². The van der Waals surface area contributed by atoms with Crippen LogP contribution in [0.3, 0.4) is 0 Å². The normalized spacial score (nSPS) is 14.3. The number of pyridine rings is 1. The molecule has 0 amide bonds. The maximum Gasteiger partial charge on any atom is 0.225 e. The van der Waals surface area contributed by atoms with Crippen LogP contribution >= 0.6 is 11.6 Å². The SMILES string of the molecule is Clc1ccccc1CNc1cc(-c2ccncc2)nc(NC2CCCC2)n1. The Kier molecular flexibility index (Phi) is 5.49. The summed E-state index contributed by atoms with van der Waals surface area (Å²) in [7, 11) is 0. The van der Waals surface area contributed by atoms with Crippen molar-refractivity contribution in [2.24, 2.45) is 0 Å². The van der Waals surface area contributed by atoms with Crippen LogP contribution in [0.1, 0.15) is 31.2 Å². The molecule has 2 aromatic heterocycles. The number of rotatable bonds is 6. The van der Waals surface area contributed by atoms with Gasteiger partial charge in [0.25, 0.3) is 0 Å². The third kappa shape index (κ3) is 4.55. The zero-order valence-electron chi connectivity index (χ0n) is 15.0. The first-order chi connectivity index (χ1) is 13.3. The molecule has 4 rings (SSSR count). The van der Waals surface area contributed by atoms with Crippen LogP contribution in [0.15, 0.2) is 54.9 Å². The molecule has 1 fully saturated rings. The van der Waals surface area contributed by atoms with Crippen molar-refractivity contribution in [3.63, 3.8) is 0 Å². The van der Waals surface area contributed by atoms with E-state index in [4.69, 9.17) is 16.6 Å². The maximum absolute atomic E-state index is 6.27. The van der Waals surface area contributed by atoms with Gasteiger partial charge < -0.3 is 10.6 Å². The van der Waals surface area contributed by atoms with Gasteiger partial charge in [0.1, 0.15) is 5.82 Å². The van der Waals surface area contributed by atoms with E-state index >= 15 is 0 Å². The molecule has 3 aromatic rings. The van der Waals surface area contributed by atoms with E-state index in [-0.39, 0.29) is 0 Å². The fourth-order valence-corrected chi connectivity index (χ4v) is 3.56. The number of halogens is 1. The van der Waals surface area contributed by atoms with Crippen LogP contribution in [0.5, 0.6) is 0 Å². The van der Waals surface area contributed by atoms with Gasteiger partial charge in [-0.1, -0.05) is 42.6 Å². The summed E-state index contributed by atoms with van der Waals surface area (Å²) in [5.74, 6) is 1.44. The Morgan fingerprint density at radius 2 is 1.78 bits per heavy atom. The number of hydrogen-bond acceptors (Lipinski definition) is 5. The van der Waals surface area contributed by atoms with E-state index in [2.05, 4.69) is 20.6 Å². The summed E-state index contributed by atoms with van der Waals surface area (Å²) in [6, 6.07) is 14.2. The number of benzene rings is 1. The molecule has 0 aliphatic heterocycles. The second kappa shape index (κ2) is 8.35. The van der Waals surface area contributed by atoms with E-state index in [0.29, 0.717) is 18.5 Å². The first-order valence-corrected chi connectivity index (χ1v) is 9.69. The number of aromatic nitrogens is 3. The second-order valence-electron chi connectivity index (χ2n) is 6.77. The highest BCUT2D eigenvalue weighted by Crippen LogP contribution is 2.25. The van der Waals surface area contributed by atoms with E-state index < -0.39 is 0 Å². The van der Waals surface area contributed by atoms with Crippen LogP contribution in [0.2, 0.25) is 5.02 Å². The second-order valence-corrected chi connectivity index (χ2v) is 7.18. The van der Waals surface area contributed by atoms with Crippen LogP contribution in [0, 0.1) is 0 Å². The molecule has 2 heterocycles. The van der Waals surface area contributed by atoms with Gasteiger partial charge in [0.05, 0.1) is 5.69 Å². The molecule has 1 aromatic carbocycles. The molecule has 0 spiro atoms. The minimum atomic E-state index is 0.453. The van der Waals surface area contributed by atoms with Crippen molar-refractivity contribution >= 4 is 23.4 Å². The van der Waals surface area contributed by atoms with Crippen molar-refractivity contribution in [1.82, 2.24) is 15.0 Å². The molecule has 6 heteroatoms. The third-order valence-corrected chi connectivity index (χ3v) is 5.18. The number of nitrogens with zero attached hydrogens (tertiary/aromatic N) is 3. The summed E-state index contributed by atoms with van der Waals surface area (Å²) in [6.45, 7) is 0.606. The number of nitrogens with one attached hydrogen (secondary N) is 2. The standard InChI is InChI=1S/C21H22ClN5/c22-18-8-4-1-5-16(18)14-24-20-13-19(15-9-11-23-12-10-15)26-21(27-20)25-17-6-2-3-7-17/h1,4-5,8-13,17H,2-3,6-7,14H2,(H2,24,25,26,27). The molecular weight excluding hydrogens is 358 g/mol. The molecule has 1 aliphatic carbocycles. The van der Waals surface area contributed by atoms with Crippen LogP contribution in [-0.2, 0) is 6.54 Å². The van der Waals surface area contributed by atoms with Crippen LogP contribution in [0.4, 0.5) is 11.8 Å². The highest BCUT2D eigenvalue weighted by Gasteiger charge is 2.16. The van der Waals surface area contributed by atoms with Crippen molar-refractivity contribution in [1.29, 1.82) is 0 Å². The predicted octanol–water partition coefficient (Wildman–Crippen LogP) is 5.16. The zero-order valence-corrected chi connectivity index (χ0v) is 15.8. The van der Waals surface area contributed by atoms with Crippen molar-refractivity contribution in [3.8, 4) is 11.3 Å². The highest BCUT2D eigenvalue weighted by molar-refractivity contribution is 6.31. The average Bonchev–Trinajstić information content (AvgIpc) is 3.21. The quantitative estimate of drug-likeness (QED) is 0.619. The molecule has 5 nitrogen and oxygen atoms in total. The largest absolute Gasteiger partial charge is 0.366 e. The molecule has 138 valence electrons. The fraction of sp³-hybridized carbons (Fsp3) is 0.286. The van der Waals surface area contributed by atoms with Crippen LogP contribution in [-0.4, -0.2) is 21.0 Å². The van der Waals surface area contributed by atoms with Gasteiger partial charge in [-0.2, -0.15) is 4.98 Å². The monoisotopic (exact) mass is 379 g/mol. The molecule has 0 unspecified atom stereocenters. The molecule has 27 heavy (non-hydrogen) atoms.